The molecule has 0 radical (unpaired) electrons. The molecule has 108 valence electrons. The van der Waals surface area contributed by atoms with Crippen molar-refractivity contribution in [3.05, 3.63) is 35.4 Å². The predicted octanol–water partition coefficient (Wildman–Crippen LogP) is 2.48. The topological polar surface area (TPSA) is 46.3 Å². The molecule has 1 aromatic rings. The van der Waals surface area contributed by atoms with Crippen molar-refractivity contribution < 1.29 is 4.79 Å². The largest absolute Gasteiger partial charge is 0.338 e. The minimum atomic E-state index is -0.327. The molecular formula is C17H24N2O. The van der Waals surface area contributed by atoms with E-state index in [1.165, 1.54) is 11.1 Å². The van der Waals surface area contributed by atoms with E-state index in [4.69, 9.17) is 5.73 Å². The van der Waals surface area contributed by atoms with Crippen molar-refractivity contribution in [1.29, 1.82) is 0 Å². The normalized spacial score (nSPS) is 29.9. The molecule has 2 N–H and O–H groups in total. The molecule has 0 aromatic heterocycles. The van der Waals surface area contributed by atoms with Gasteiger partial charge in [0.25, 0.3) is 0 Å². The highest BCUT2D eigenvalue weighted by Crippen LogP contribution is 2.34. The van der Waals surface area contributed by atoms with Gasteiger partial charge in [-0.3, -0.25) is 4.79 Å². The van der Waals surface area contributed by atoms with E-state index in [1.807, 2.05) is 11.8 Å². The minimum absolute atomic E-state index is 0.00140. The lowest BCUT2D eigenvalue weighted by atomic mass is 9.73. The van der Waals surface area contributed by atoms with E-state index in [-0.39, 0.29) is 17.4 Å². The van der Waals surface area contributed by atoms with Crippen LogP contribution in [0.15, 0.2) is 24.3 Å². The monoisotopic (exact) mass is 272 g/mol. The fraction of sp³-hybridized carbons (Fsp3) is 0.588. The molecule has 0 bridgehead atoms. The summed E-state index contributed by atoms with van der Waals surface area (Å²) in [6.45, 7) is 3.64. The van der Waals surface area contributed by atoms with Crippen LogP contribution in [-0.4, -0.2) is 22.9 Å². The molecule has 1 heterocycles. The second kappa shape index (κ2) is 5.21. The Morgan fingerprint density at radius 2 is 2.05 bits per heavy atom. The zero-order chi connectivity index (χ0) is 14.2. The Morgan fingerprint density at radius 3 is 2.80 bits per heavy atom. The standard InChI is InChI=1S/C17H24N2O/c1-17(18)10-5-4-8-15(17)16(20)19-11-9-13-6-2-3-7-14(13)12-19/h2-3,6-7,15H,4-5,8-12,18H2,1H3. The second-order valence-corrected chi connectivity index (χ2v) is 6.58. The molecule has 20 heavy (non-hydrogen) atoms. The van der Waals surface area contributed by atoms with Crippen molar-refractivity contribution in [3.8, 4) is 0 Å². The molecule has 2 atom stereocenters. The quantitative estimate of drug-likeness (QED) is 0.853. The zero-order valence-corrected chi connectivity index (χ0v) is 12.3. The van der Waals surface area contributed by atoms with Gasteiger partial charge >= 0.3 is 0 Å². The van der Waals surface area contributed by atoms with Crippen LogP contribution in [0.2, 0.25) is 0 Å². The second-order valence-electron chi connectivity index (χ2n) is 6.58. The molecule has 3 heteroatoms. The fourth-order valence-corrected chi connectivity index (χ4v) is 3.67. The van der Waals surface area contributed by atoms with Crippen LogP contribution in [0.1, 0.15) is 43.7 Å². The third kappa shape index (κ3) is 2.47. The Labute approximate surface area is 121 Å². The lowest BCUT2D eigenvalue weighted by molar-refractivity contribution is -0.139. The summed E-state index contributed by atoms with van der Waals surface area (Å²) in [5.74, 6) is 0.269. The summed E-state index contributed by atoms with van der Waals surface area (Å²) < 4.78 is 0. The van der Waals surface area contributed by atoms with Gasteiger partial charge in [0, 0.05) is 18.6 Å². The molecule has 1 aromatic carbocycles. The van der Waals surface area contributed by atoms with Gasteiger partial charge in [0.05, 0.1) is 5.92 Å². The van der Waals surface area contributed by atoms with Gasteiger partial charge in [-0.15, -0.1) is 0 Å². The number of rotatable bonds is 1. The molecular weight excluding hydrogens is 248 g/mol. The van der Waals surface area contributed by atoms with Gasteiger partial charge in [-0.05, 0) is 37.3 Å². The molecule has 1 fully saturated rings. The molecule has 2 unspecified atom stereocenters. The van der Waals surface area contributed by atoms with Gasteiger partial charge < -0.3 is 10.6 Å². The van der Waals surface area contributed by atoms with Crippen LogP contribution in [0, 0.1) is 5.92 Å². The third-order valence-electron chi connectivity index (χ3n) is 4.99. The molecule has 1 amide bonds. The van der Waals surface area contributed by atoms with Gasteiger partial charge in [-0.1, -0.05) is 37.1 Å². The van der Waals surface area contributed by atoms with Crippen molar-refractivity contribution in [3.63, 3.8) is 0 Å². The molecule has 2 aliphatic rings. The first-order chi connectivity index (χ1) is 9.58. The SMILES string of the molecule is CC1(N)CCCCC1C(=O)N1CCc2ccccc2C1. The average molecular weight is 272 g/mol. The van der Waals surface area contributed by atoms with Crippen LogP contribution in [-0.2, 0) is 17.8 Å². The smallest absolute Gasteiger partial charge is 0.227 e. The maximum absolute atomic E-state index is 12.8. The molecule has 1 aliphatic carbocycles. The van der Waals surface area contributed by atoms with Crippen molar-refractivity contribution >= 4 is 5.91 Å². The van der Waals surface area contributed by atoms with Crippen LogP contribution in [0.25, 0.3) is 0 Å². The summed E-state index contributed by atoms with van der Waals surface area (Å²) >= 11 is 0. The Bertz CT molecular complexity index is 509. The first kappa shape index (κ1) is 13.6. The lowest BCUT2D eigenvalue weighted by Gasteiger charge is -2.41. The first-order valence-electron chi connectivity index (χ1n) is 7.72. The van der Waals surface area contributed by atoms with E-state index >= 15 is 0 Å². The summed E-state index contributed by atoms with van der Waals surface area (Å²) in [6, 6.07) is 8.44. The van der Waals surface area contributed by atoms with Crippen LogP contribution >= 0.6 is 0 Å². The number of carbonyl (C=O) groups is 1. The van der Waals surface area contributed by atoms with Crippen LogP contribution in [0.3, 0.4) is 0 Å². The van der Waals surface area contributed by atoms with Crippen molar-refractivity contribution in [1.82, 2.24) is 4.90 Å². The summed E-state index contributed by atoms with van der Waals surface area (Å²) in [5.41, 5.74) is 8.73. The predicted molar refractivity (Wildman–Crippen MR) is 80.1 cm³/mol. The summed E-state index contributed by atoms with van der Waals surface area (Å²) in [6.07, 6.45) is 5.17. The summed E-state index contributed by atoms with van der Waals surface area (Å²) in [4.78, 5) is 14.8. The van der Waals surface area contributed by atoms with E-state index in [1.54, 1.807) is 0 Å². The highest BCUT2D eigenvalue weighted by molar-refractivity contribution is 5.80. The maximum atomic E-state index is 12.8. The van der Waals surface area contributed by atoms with E-state index in [9.17, 15) is 4.79 Å². The average Bonchev–Trinajstić information content (AvgIpc) is 2.45. The Balaban J connectivity index is 1.76. The molecule has 0 saturated heterocycles. The van der Waals surface area contributed by atoms with Gasteiger partial charge in [0.2, 0.25) is 5.91 Å². The highest BCUT2D eigenvalue weighted by Gasteiger charge is 2.40. The lowest BCUT2D eigenvalue weighted by Crippen LogP contribution is -2.54. The fourth-order valence-electron chi connectivity index (χ4n) is 3.67. The van der Waals surface area contributed by atoms with Gasteiger partial charge in [-0.2, -0.15) is 0 Å². The number of carbonyl (C=O) groups excluding carboxylic acids is 1. The number of fused-ring (bicyclic) bond motifs is 1. The van der Waals surface area contributed by atoms with Crippen LogP contribution < -0.4 is 5.73 Å². The van der Waals surface area contributed by atoms with Crippen molar-refractivity contribution in [2.75, 3.05) is 6.54 Å². The zero-order valence-electron chi connectivity index (χ0n) is 12.3. The molecule has 3 nitrogen and oxygen atoms in total. The van der Waals surface area contributed by atoms with Crippen LogP contribution in [0.4, 0.5) is 0 Å². The maximum Gasteiger partial charge on any atom is 0.227 e. The number of nitrogens with two attached hydrogens (primary N) is 1. The number of hydrogen-bond acceptors (Lipinski definition) is 2. The number of benzene rings is 1. The van der Waals surface area contributed by atoms with E-state index in [0.29, 0.717) is 0 Å². The Hall–Kier alpha value is -1.35. The van der Waals surface area contributed by atoms with Gasteiger partial charge in [0.15, 0.2) is 0 Å². The van der Waals surface area contributed by atoms with Crippen molar-refractivity contribution in [2.45, 2.75) is 51.1 Å². The highest BCUT2D eigenvalue weighted by atomic mass is 16.2. The van der Waals surface area contributed by atoms with E-state index in [2.05, 4.69) is 24.3 Å². The minimum Gasteiger partial charge on any atom is -0.338 e. The Kier molecular flexibility index (Phi) is 3.55. The molecule has 3 rings (SSSR count). The number of nitrogens with zero attached hydrogens (tertiary/aromatic N) is 1. The molecule has 1 aliphatic heterocycles. The third-order valence-corrected chi connectivity index (χ3v) is 4.99. The molecule has 1 saturated carbocycles. The van der Waals surface area contributed by atoms with Gasteiger partial charge in [0.1, 0.15) is 0 Å². The first-order valence-corrected chi connectivity index (χ1v) is 7.72. The number of hydrogen-bond donors (Lipinski definition) is 1. The van der Waals surface area contributed by atoms with E-state index in [0.717, 1.165) is 45.2 Å². The van der Waals surface area contributed by atoms with Crippen LogP contribution in [0.5, 0.6) is 0 Å². The van der Waals surface area contributed by atoms with Gasteiger partial charge in [-0.25, -0.2) is 0 Å². The van der Waals surface area contributed by atoms with E-state index < -0.39 is 0 Å². The summed E-state index contributed by atoms with van der Waals surface area (Å²) in [5, 5.41) is 0. The number of amides is 1. The van der Waals surface area contributed by atoms with Crippen molar-refractivity contribution in [2.24, 2.45) is 11.7 Å². The summed E-state index contributed by atoms with van der Waals surface area (Å²) in [7, 11) is 0. The Morgan fingerprint density at radius 1 is 1.30 bits per heavy atom. The molecule has 0 spiro atoms.